The van der Waals surface area contributed by atoms with Gasteiger partial charge in [0.05, 0.1) is 12.5 Å². The maximum absolute atomic E-state index is 12.9. The molecule has 3 aromatic rings. The number of aryl methyl sites for hydroxylation is 1. The van der Waals surface area contributed by atoms with E-state index in [9.17, 15) is 9.59 Å². The van der Waals surface area contributed by atoms with Gasteiger partial charge in [-0.25, -0.2) is 0 Å². The minimum atomic E-state index is -0.459. The molecule has 0 spiro atoms. The third kappa shape index (κ3) is 5.05. The van der Waals surface area contributed by atoms with Crippen molar-refractivity contribution in [1.82, 2.24) is 5.32 Å². The molecule has 4 heteroatoms. The fourth-order valence-corrected chi connectivity index (χ4v) is 2.98. The van der Waals surface area contributed by atoms with Crippen LogP contribution in [-0.2, 0) is 9.59 Å². The van der Waals surface area contributed by atoms with Crippen LogP contribution in [0.3, 0.4) is 0 Å². The molecular weight excluding hydrogens is 336 g/mol. The van der Waals surface area contributed by atoms with E-state index in [-0.39, 0.29) is 18.4 Å². The van der Waals surface area contributed by atoms with Gasteiger partial charge in [0.2, 0.25) is 11.8 Å². The number of benzene rings is 3. The van der Waals surface area contributed by atoms with Crippen molar-refractivity contribution in [3.05, 3.63) is 102 Å². The van der Waals surface area contributed by atoms with Crippen LogP contribution in [0.5, 0.6) is 0 Å². The zero-order valence-corrected chi connectivity index (χ0v) is 15.2. The monoisotopic (exact) mass is 358 g/mol. The molecule has 2 amide bonds. The summed E-state index contributed by atoms with van der Waals surface area (Å²) in [7, 11) is 0. The molecular formula is C23H22N2O2. The summed E-state index contributed by atoms with van der Waals surface area (Å²) in [6.07, 6.45) is 0. The van der Waals surface area contributed by atoms with E-state index in [1.54, 1.807) is 0 Å². The van der Waals surface area contributed by atoms with Crippen molar-refractivity contribution in [3.63, 3.8) is 0 Å². The van der Waals surface area contributed by atoms with Gasteiger partial charge in [-0.2, -0.15) is 0 Å². The second-order valence-electron chi connectivity index (χ2n) is 6.39. The minimum Gasteiger partial charge on any atom is -0.346 e. The number of anilines is 1. The lowest BCUT2D eigenvalue weighted by molar-refractivity contribution is -0.124. The first kappa shape index (κ1) is 18.4. The number of amides is 2. The molecule has 27 heavy (non-hydrogen) atoms. The van der Waals surface area contributed by atoms with Crippen LogP contribution in [0, 0.1) is 6.92 Å². The smallest absolute Gasteiger partial charge is 0.243 e. The first-order valence-corrected chi connectivity index (χ1v) is 8.87. The third-order valence-electron chi connectivity index (χ3n) is 4.25. The second kappa shape index (κ2) is 8.81. The molecule has 3 rings (SSSR count). The maximum atomic E-state index is 12.9. The average molecular weight is 358 g/mol. The van der Waals surface area contributed by atoms with Crippen molar-refractivity contribution in [2.24, 2.45) is 0 Å². The van der Waals surface area contributed by atoms with Crippen LogP contribution < -0.4 is 10.6 Å². The van der Waals surface area contributed by atoms with Crippen LogP contribution in [0.1, 0.15) is 22.6 Å². The second-order valence-corrected chi connectivity index (χ2v) is 6.39. The van der Waals surface area contributed by atoms with Crippen LogP contribution in [0.4, 0.5) is 5.69 Å². The quantitative estimate of drug-likeness (QED) is 0.702. The van der Waals surface area contributed by atoms with Gasteiger partial charge in [-0.15, -0.1) is 0 Å². The molecule has 0 fully saturated rings. The lowest BCUT2D eigenvalue weighted by Crippen LogP contribution is -2.36. The Morgan fingerprint density at radius 2 is 1.41 bits per heavy atom. The number of nitrogens with one attached hydrogen (secondary N) is 2. The Kier molecular flexibility index (Phi) is 6.00. The van der Waals surface area contributed by atoms with E-state index < -0.39 is 5.92 Å². The molecule has 0 saturated carbocycles. The molecule has 0 bridgehead atoms. The Morgan fingerprint density at radius 1 is 0.815 bits per heavy atom. The Hall–Kier alpha value is -3.40. The van der Waals surface area contributed by atoms with Gasteiger partial charge in [0.15, 0.2) is 0 Å². The highest BCUT2D eigenvalue weighted by Crippen LogP contribution is 2.24. The summed E-state index contributed by atoms with van der Waals surface area (Å²) >= 11 is 0. The molecule has 0 aliphatic heterocycles. The van der Waals surface area contributed by atoms with Gasteiger partial charge in [0, 0.05) is 5.69 Å². The van der Waals surface area contributed by atoms with Gasteiger partial charge in [-0.3, -0.25) is 9.59 Å². The lowest BCUT2D eigenvalue weighted by Gasteiger charge is -2.18. The summed E-state index contributed by atoms with van der Waals surface area (Å²) in [5, 5.41) is 5.57. The topological polar surface area (TPSA) is 58.2 Å². The number of carbonyl (C=O) groups excluding carboxylic acids is 2. The van der Waals surface area contributed by atoms with Crippen molar-refractivity contribution < 1.29 is 9.59 Å². The lowest BCUT2D eigenvalue weighted by atomic mass is 9.90. The molecule has 0 aliphatic rings. The van der Waals surface area contributed by atoms with E-state index in [1.807, 2.05) is 91.9 Å². The Bertz CT molecular complexity index is 868. The average Bonchev–Trinajstić information content (AvgIpc) is 2.68. The van der Waals surface area contributed by atoms with Crippen molar-refractivity contribution in [3.8, 4) is 0 Å². The normalized spacial score (nSPS) is 10.4. The zero-order valence-electron chi connectivity index (χ0n) is 15.2. The van der Waals surface area contributed by atoms with Gasteiger partial charge in [-0.05, 0) is 35.7 Å². The minimum absolute atomic E-state index is 0.0804. The number of hydrogen-bond donors (Lipinski definition) is 2. The molecule has 0 heterocycles. The van der Waals surface area contributed by atoms with Gasteiger partial charge in [0.1, 0.15) is 0 Å². The molecule has 3 aromatic carbocycles. The van der Waals surface area contributed by atoms with Crippen molar-refractivity contribution in [2.45, 2.75) is 12.8 Å². The van der Waals surface area contributed by atoms with Gasteiger partial charge in [0.25, 0.3) is 0 Å². The molecule has 0 unspecified atom stereocenters. The van der Waals surface area contributed by atoms with Crippen molar-refractivity contribution >= 4 is 17.5 Å². The van der Waals surface area contributed by atoms with Gasteiger partial charge >= 0.3 is 0 Å². The van der Waals surface area contributed by atoms with Crippen molar-refractivity contribution in [2.75, 3.05) is 11.9 Å². The fraction of sp³-hybridized carbons (Fsp3) is 0.130. The van der Waals surface area contributed by atoms with Crippen LogP contribution in [0.25, 0.3) is 0 Å². The van der Waals surface area contributed by atoms with E-state index in [0.717, 1.165) is 22.4 Å². The Balaban J connectivity index is 1.69. The largest absolute Gasteiger partial charge is 0.346 e. The van der Waals surface area contributed by atoms with E-state index in [2.05, 4.69) is 10.6 Å². The summed E-state index contributed by atoms with van der Waals surface area (Å²) in [6, 6.07) is 26.7. The summed E-state index contributed by atoms with van der Waals surface area (Å²) in [5.41, 5.74) is 3.56. The fourth-order valence-electron chi connectivity index (χ4n) is 2.98. The molecule has 0 atom stereocenters. The summed E-state index contributed by atoms with van der Waals surface area (Å²) in [5.74, 6) is -0.917. The molecule has 0 saturated heterocycles. The van der Waals surface area contributed by atoms with E-state index >= 15 is 0 Å². The molecule has 0 radical (unpaired) electrons. The predicted octanol–water partition coefficient (Wildman–Crippen LogP) is 3.88. The third-order valence-corrected chi connectivity index (χ3v) is 4.25. The highest BCUT2D eigenvalue weighted by atomic mass is 16.2. The molecule has 4 nitrogen and oxygen atoms in total. The summed E-state index contributed by atoms with van der Waals surface area (Å²) in [6.45, 7) is 1.88. The van der Waals surface area contributed by atoms with Crippen LogP contribution in [0.15, 0.2) is 84.9 Å². The van der Waals surface area contributed by atoms with Gasteiger partial charge in [-0.1, -0.05) is 72.8 Å². The highest BCUT2D eigenvalue weighted by Gasteiger charge is 2.22. The van der Waals surface area contributed by atoms with E-state index in [4.69, 9.17) is 0 Å². The van der Waals surface area contributed by atoms with Gasteiger partial charge < -0.3 is 10.6 Å². The molecule has 0 aromatic heterocycles. The standard InChI is InChI=1S/C23H22N2O2/c1-17-9-8-14-20(15-17)25-21(26)16-24-23(27)22(18-10-4-2-5-11-18)19-12-6-3-7-13-19/h2-15,22H,16H2,1H3,(H,24,27)(H,25,26). The molecule has 136 valence electrons. The highest BCUT2D eigenvalue weighted by molar-refractivity contribution is 5.96. The van der Waals surface area contributed by atoms with Crippen LogP contribution in [0.2, 0.25) is 0 Å². The first-order chi connectivity index (χ1) is 13.1. The van der Waals surface area contributed by atoms with E-state index in [1.165, 1.54) is 0 Å². The number of carbonyl (C=O) groups is 2. The predicted molar refractivity (Wildman–Crippen MR) is 108 cm³/mol. The zero-order chi connectivity index (χ0) is 19.1. The van der Waals surface area contributed by atoms with Crippen LogP contribution >= 0.6 is 0 Å². The first-order valence-electron chi connectivity index (χ1n) is 8.87. The number of rotatable bonds is 6. The SMILES string of the molecule is Cc1cccc(NC(=O)CNC(=O)C(c2ccccc2)c2ccccc2)c1. The maximum Gasteiger partial charge on any atom is 0.243 e. The van der Waals surface area contributed by atoms with Crippen LogP contribution in [-0.4, -0.2) is 18.4 Å². The summed E-state index contributed by atoms with van der Waals surface area (Å²) < 4.78 is 0. The molecule has 0 aliphatic carbocycles. The molecule has 2 N–H and O–H groups in total. The van der Waals surface area contributed by atoms with Crippen molar-refractivity contribution in [1.29, 1.82) is 0 Å². The Morgan fingerprint density at radius 3 is 1.96 bits per heavy atom. The van der Waals surface area contributed by atoms with E-state index in [0.29, 0.717) is 0 Å². The summed E-state index contributed by atoms with van der Waals surface area (Å²) in [4.78, 5) is 25.1. The Labute approximate surface area is 159 Å². The number of hydrogen-bond acceptors (Lipinski definition) is 2.